The highest BCUT2D eigenvalue weighted by molar-refractivity contribution is 7.99. The van der Waals surface area contributed by atoms with Gasteiger partial charge in [0.05, 0.1) is 5.02 Å². The first-order valence-electron chi connectivity index (χ1n) is 4.94. The van der Waals surface area contributed by atoms with E-state index in [1.807, 2.05) is 23.9 Å². The van der Waals surface area contributed by atoms with Crippen LogP contribution < -0.4 is 5.73 Å². The Balaban J connectivity index is 2.44. The van der Waals surface area contributed by atoms with E-state index in [9.17, 15) is 0 Å². The van der Waals surface area contributed by atoms with Crippen molar-refractivity contribution in [3.05, 3.63) is 28.8 Å². The van der Waals surface area contributed by atoms with E-state index in [-0.39, 0.29) is 0 Å². The van der Waals surface area contributed by atoms with Gasteiger partial charge in [-0.25, -0.2) is 0 Å². The zero-order chi connectivity index (χ0) is 9.97. The molecule has 3 heteroatoms. The Morgan fingerprint density at radius 1 is 1.50 bits per heavy atom. The molecule has 76 valence electrons. The molecule has 1 heterocycles. The fraction of sp³-hybridized carbons (Fsp3) is 0.455. The third-order valence-corrected chi connectivity index (χ3v) is 4.33. The summed E-state index contributed by atoms with van der Waals surface area (Å²) in [5.74, 6) is 1.66. The van der Waals surface area contributed by atoms with Crippen LogP contribution in [-0.2, 0) is 0 Å². The number of nitrogens with two attached hydrogens (primary N) is 1. The molecule has 0 fully saturated rings. The van der Waals surface area contributed by atoms with Crippen LogP contribution in [0.4, 0.5) is 0 Å². The fourth-order valence-corrected chi connectivity index (χ4v) is 3.37. The molecule has 0 bridgehead atoms. The summed E-state index contributed by atoms with van der Waals surface area (Å²) >= 11 is 8.04. The lowest BCUT2D eigenvalue weighted by atomic mass is 9.95. The van der Waals surface area contributed by atoms with Crippen molar-refractivity contribution >= 4 is 23.4 Å². The van der Waals surface area contributed by atoms with Crippen LogP contribution in [0.2, 0.25) is 5.02 Å². The number of hydrogen-bond donors (Lipinski definition) is 1. The SMILES string of the molecule is NCC1CCCSc2c(Cl)cccc21. The molecule has 1 unspecified atom stereocenters. The Morgan fingerprint density at radius 3 is 3.14 bits per heavy atom. The summed E-state index contributed by atoms with van der Waals surface area (Å²) in [5.41, 5.74) is 7.13. The van der Waals surface area contributed by atoms with Crippen LogP contribution in [0, 0.1) is 0 Å². The first-order chi connectivity index (χ1) is 6.83. The van der Waals surface area contributed by atoms with Crippen LogP contribution in [0.15, 0.2) is 23.1 Å². The quantitative estimate of drug-likeness (QED) is 0.797. The van der Waals surface area contributed by atoms with Gasteiger partial charge in [0.1, 0.15) is 0 Å². The maximum Gasteiger partial charge on any atom is 0.0544 e. The molecule has 0 saturated carbocycles. The highest BCUT2D eigenvalue weighted by Crippen LogP contribution is 2.39. The third-order valence-electron chi connectivity index (χ3n) is 2.67. The number of benzene rings is 1. The van der Waals surface area contributed by atoms with Gasteiger partial charge in [-0.05, 0) is 42.7 Å². The van der Waals surface area contributed by atoms with Crippen molar-refractivity contribution in [3.63, 3.8) is 0 Å². The normalized spacial score (nSPS) is 21.4. The molecule has 1 aliphatic rings. The van der Waals surface area contributed by atoms with E-state index in [1.165, 1.54) is 23.3 Å². The predicted molar refractivity (Wildman–Crippen MR) is 63.2 cm³/mol. The molecule has 0 saturated heterocycles. The maximum absolute atomic E-state index is 6.18. The second kappa shape index (κ2) is 4.56. The number of hydrogen-bond acceptors (Lipinski definition) is 2. The van der Waals surface area contributed by atoms with Crippen LogP contribution in [-0.4, -0.2) is 12.3 Å². The van der Waals surface area contributed by atoms with Gasteiger partial charge in [0.25, 0.3) is 0 Å². The Morgan fingerprint density at radius 2 is 2.36 bits per heavy atom. The van der Waals surface area contributed by atoms with Crippen LogP contribution in [0.1, 0.15) is 24.3 Å². The Kier molecular flexibility index (Phi) is 3.37. The molecule has 2 N–H and O–H groups in total. The van der Waals surface area contributed by atoms with Crippen molar-refractivity contribution in [3.8, 4) is 0 Å². The van der Waals surface area contributed by atoms with Crippen molar-refractivity contribution in [1.29, 1.82) is 0 Å². The standard InChI is InChI=1S/C11H14ClNS/c12-10-5-1-4-9-8(7-13)3-2-6-14-11(9)10/h1,4-5,8H,2-3,6-7,13H2. The summed E-state index contributed by atoms with van der Waals surface area (Å²) in [7, 11) is 0. The number of fused-ring (bicyclic) bond motifs is 1. The average molecular weight is 228 g/mol. The topological polar surface area (TPSA) is 26.0 Å². The Bertz CT molecular complexity index is 327. The number of rotatable bonds is 1. The smallest absolute Gasteiger partial charge is 0.0544 e. The van der Waals surface area contributed by atoms with Gasteiger partial charge in [0.15, 0.2) is 0 Å². The predicted octanol–water partition coefficient (Wildman–Crippen LogP) is 3.27. The summed E-state index contributed by atoms with van der Waals surface area (Å²) in [6.45, 7) is 0.730. The van der Waals surface area contributed by atoms with Gasteiger partial charge in [0, 0.05) is 4.90 Å². The molecule has 1 aromatic rings. The summed E-state index contributed by atoms with van der Waals surface area (Å²) < 4.78 is 0. The monoisotopic (exact) mass is 227 g/mol. The largest absolute Gasteiger partial charge is 0.330 e. The van der Waals surface area contributed by atoms with E-state index in [0.717, 1.165) is 17.3 Å². The van der Waals surface area contributed by atoms with E-state index in [1.54, 1.807) is 0 Å². The second-order valence-electron chi connectivity index (χ2n) is 3.58. The lowest BCUT2D eigenvalue weighted by Gasteiger charge is -2.15. The lowest BCUT2D eigenvalue weighted by Crippen LogP contribution is -2.12. The summed E-state index contributed by atoms with van der Waals surface area (Å²) in [5, 5.41) is 0.882. The molecule has 1 nitrogen and oxygen atoms in total. The van der Waals surface area contributed by atoms with Crippen molar-refractivity contribution in [2.24, 2.45) is 5.73 Å². The van der Waals surface area contributed by atoms with E-state index in [4.69, 9.17) is 17.3 Å². The highest BCUT2D eigenvalue weighted by atomic mass is 35.5. The molecule has 0 aromatic heterocycles. The zero-order valence-corrected chi connectivity index (χ0v) is 9.57. The molecule has 1 aliphatic heterocycles. The first-order valence-corrected chi connectivity index (χ1v) is 6.30. The summed E-state index contributed by atoms with van der Waals surface area (Å²) in [6.07, 6.45) is 2.42. The minimum atomic E-state index is 0.499. The number of halogens is 1. The van der Waals surface area contributed by atoms with Gasteiger partial charge in [-0.1, -0.05) is 23.7 Å². The summed E-state index contributed by atoms with van der Waals surface area (Å²) in [4.78, 5) is 1.25. The minimum Gasteiger partial charge on any atom is -0.330 e. The average Bonchev–Trinajstić information content (AvgIpc) is 2.40. The van der Waals surface area contributed by atoms with E-state index in [2.05, 4.69) is 6.07 Å². The minimum absolute atomic E-state index is 0.499. The van der Waals surface area contributed by atoms with Crippen molar-refractivity contribution < 1.29 is 0 Å². The van der Waals surface area contributed by atoms with Crippen molar-refractivity contribution in [2.75, 3.05) is 12.3 Å². The molecular formula is C11H14ClNS. The zero-order valence-electron chi connectivity index (χ0n) is 8.00. The third kappa shape index (κ3) is 1.92. The van der Waals surface area contributed by atoms with Crippen molar-refractivity contribution in [1.82, 2.24) is 0 Å². The molecule has 0 radical (unpaired) electrons. The fourth-order valence-electron chi connectivity index (χ4n) is 1.90. The van der Waals surface area contributed by atoms with E-state index >= 15 is 0 Å². The van der Waals surface area contributed by atoms with Gasteiger partial charge in [0.2, 0.25) is 0 Å². The molecule has 0 spiro atoms. The first kappa shape index (κ1) is 10.3. The van der Waals surface area contributed by atoms with Gasteiger partial charge in [-0.2, -0.15) is 0 Å². The van der Waals surface area contributed by atoms with E-state index < -0.39 is 0 Å². The molecule has 0 aliphatic carbocycles. The van der Waals surface area contributed by atoms with Crippen molar-refractivity contribution in [2.45, 2.75) is 23.7 Å². The Labute approximate surface area is 94.0 Å². The highest BCUT2D eigenvalue weighted by Gasteiger charge is 2.19. The number of thioether (sulfide) groups is 1. The maximum atomic E-state index is 6.18. The molecule has 2 rings (SSSR count). The van der Waals surface area contributed by atoms with E-state index in [0.29, 0.717) is 5.92 Å². The molecule has 1 aromatic carbocycles. The van der Waals surface area contributed by atoms with Crippen LogP contribution in [0.3, 0.4) is 0 Å². The molecule has 0 amide bonds. The molecule has 14 heavy (non-hydrogen) atoms. The molecule has 1 atom stereocenters. The van der Waals surface area contributed by atoms with Gasteiger partial charge in [-0.3, -0.25) is 0 Å². The van der Waals surface area contributed by atoms with Crippen LogP contribution in [0.5, 0.6) is 0 Å². The van der Waals surface area contributed by atoms with Gasteiger partial charge in [-0.15, -0.1) is 11.8 Å². The lowest BCUT2D eigenvalue weighted by molar-refractivity contribution is 0.623. The summed E-state index contributed by atoms with van der Waals surface area (Å²) in [6, 6.07) is 6.15. The van der Waals surface area contributed by atoms with Gasteiger partial charge >= 0.3 is 0 Å². The van der Waals surface area contributed by atoms with Crippen LogP contribution >= 0.6 is 23.4 Å². The van der Waals surface area contributed by atoms with Gasteiger partial charge < -0.3 is 5.73 Å². The second-order valence-corrected chi connectivity index (χ2v) is 5.09. The molecular weight excluding hydrogens is 214 g/mol. The Hall–Kier alpha value is -0.180. The van der Waals surface area contributed by atoms with Crippen LogP contribution in [0.25, 0.3) is 0 Å².